The first kappa shape index (κ1) is 17.5. The normalized spacial score (nSPS) is 15.2. The van der Waals surface area contributed by atoms with E-state index in [0.717, 1.165) is 12.5 Å². The van der Waals surface area contributed by atoms with Crippen LogP contribution in [0.25, 0.3) is 0 Å². The van der Waals surface area contributed by atoms with Gasteiger partial charge in [0.05, 0.1) is 0 Å². The molecule has 5 nitrogen and oxygen atoms in total. The number of allylic oxidation sites excluding steroid dienone is 1. The van der Waals surface area contributed by atoms with Gasteiger partial charge in [-0.05, 0) is 18.7 Å². The topological polar surface area (TPSA) is 54.0 Å². The SMILES string of the molecule is C=CC(=O)[Si](C)(CCC)OCC(OC)(OC)OC. The summed E-state index contributed by atoms with van der Waals surface area (Å²) in [5.41, 5.74) is 0. The summed E-state index contributed by atoms with van der Waals surface area (Å²) >= 11 is 0. The predicted octanol–water partition coefficient (Wildman–Crippen LogP) is 1.88. The molecule has 106 valence electrons. The zero-order chi connectivity index (χ0) is 14.2. The van der Waals surface area contributed by atoms with E-state index in [1.807, 2.05) is 13.5 Å². The lowest BCUT2D eigenvalue weighted by atomic mass is 10.6. The van der Waals surface area contributed by atoms with Crippen molar-refractivity contribution in [3.05, 3.63) is 12.7 Å². The lowest BCUT2D eigenvalue weighted by molar-refractivity contribution is -0.361. The molecule has 0 rings (SSSR count). The van der Waals surface area contributed by atoms with Crippen molar-refractivity contribution in [1.29, 1.82) is 0 Å². The van der Waals surface area contributed by atoms with E-state index in [2.05, 4.69) is 6.58 Å². The van der Waals surface area contributed by atoms with Gasteiger partial charge in [-0.3, -0.25) is 4.79 Å². The molecule has 0 aliphatic heterocycles. The zero-order valence-electron chi connectivity index (χ0n) is 11.9. The average Bonchev–Trinajstić information content (AvgIpc) is 2.40. The van der Waals surface area contributed by atoms with Crippen LogP contribution in [0.5, 0.6) is 0 Å². The van der Waals surface area contributed by atoms with Crippen molar-refractivity contribution in [3.63, 3.8) is 0 Å². The fraction of sp³-hybridized carbons (Fsp3) is 0.750. The monoisotopic (exact) mass is 276 g/mol. The van der Waals surface area contributed by atoms with E-state index in [1.54, 1.807) is 0 Å². The summed E-state index contributed by atoms with van der Waals surface area (Å²) < 4.78 is 21.2. The zero-order valence-corrected chi connectivity index (χ0v) is 12.9. The maximum atomic E-state index is 11.9. The molecular formula is C12H24O5Si. The molecule has 0 fully saturated rings. The third kappa shape index (κ3) is 4.29. The smallest absolute Gasteiger partial charge is 0.305 e. The highest BCUT2D eigenvalue weighted by Crippen LogP contribution is 2.20. The summed E-state index contributed by atoms with van der Waals surface area (Å²) in [6.07, 6.45) is 2.21. The van der Waals surface area contributed by atoms with Gasteiger partial charge < -0.3 is 18.6 Å². The molecule has 0 radical (unpaired) electrons. The van der Waals surface area contributed by atoms with Gasteiger partial charge in [0.15, 0.2) is 5.41 Å². The molecule has 0 aromatic carbocycles. The number of ether oxygens (including phenoxy) is 3. The van der Waals surface area contributed by atoms with Gasteiger partial charge in [0.2, 0.25) is 0 Å². The van der Waals surface area contributed by atoms with Crippen LogP contribution in [0.2, 0.25) is 12.6 Å². The van der Waals surface area contributed by atoms with E-state index < -0.39 is 14.3 Å². The van der Waals surface area contributed by atoms with Gasteiger partial charge >= 0.3 is 5.97 Å². The first-order chi connectivity index (χ1) is 8.43. The van der Waals surface area contributed by atoms with Crippen molar-refractivity contribution in [1.82, 2.24) is 0 Å². The molecular weight excluding hydrogens is 252 g/mol. The second-order valence-corrected chi connectivity index (χ2v) is 7.88. The van der Waals surface area contributed by atoms with Gasteiger partial charge in [-0.1, -0.05) is 19.9 Å². The van der Waals surface area contributed by atoms with Crippen LogP contribution in [0.1, 0.15) is 13.3 Å². The van der Waals surface area contributed by atoms with Crippen LogP contribution in [0.4, 0.5) is 0 Å². The Morgan fingerprint density at radius 3 is 2.11 bits per heavy atom. The van der Waals surface area contributed by atoms with E-state index in [9.17, 15) is 4.79 Å². The van der Waals surface area contributed by atoms with E-state index in [4.69, 9.17) is 18.6 Å². The summed E-state index contributed by atoms with van der Waals surface area (Å²) in [7, 11) is 1.88. The van der Waals surface area contributed by atoms with Gasteiger partial charge in [-0.25, -0.2) is 0 Å². The number of hydrogen-bond acceptors (Lipinski definition) is 5. The van der Waals surface area contributed by atoms with Crippen molar-refractivity contribution in [2.75, 3.05) is 27.9 Å². The van der Waals surface area contributed by atoms with E-state index in [0.29, 0.717) is 0 Å². The van der Waals surface area contributed by atoms with E-state index in [-0.39, 0.29) is 12.0 Å². The molecule has 0 amide bonds. The molecule has 0 heterocycles. The summed E-state index contributed by atoms with van der Waals surface area (Å²) in [5.74, 6) is -1.26. The Bertz CT molecular complexity index is 269. The highest BCUT2D eigenvalue weighted by Gasteiger charge is 2.40. The van der Waals surface area contributed by atoms with Gasteiger partial charge in [-0.2, -0.15) is 0 Å². The minimum atomic E-state index is -2.51. The molecule has 0 aromatic rings. The second kappa shape index (κ2) is 7.80. The molecule has 0 spiro atoms. The Morgan fingerprint density at radius 1 is 1.28 bits per heavy atom. The Morgan fingerprint density at radius 2 is 1.78 bits per heavy atom. The molecule has 0 aromatic heterocycles. The molecule has 0 aliphatic carbocycles. The van der Waals surface area contributed by atoms with Crippen LogP contribution < -0.4 is 0 Å². The molecule has 0 aliphatic rings. The minimum Gasteiger partial charge on any atom is -0.401 e. The van der Waals surface area contributed by atoms with Crippen LogP contribution in [-0.4, -0.2) is 47.6 Å². The third-order valence-electron chi connectivity index (χ3n) is 2.93. The van der Waals surface area contributed by atoms with Crippen molar-refractivity contribution < 1.29 is 23.4 Å². The number of carbonyl (C=O) groups excluding carboxylic acids is 1. The maximum absolute atomic E-state index is 11.9. The Labute approximate surface area is 110 Å². The minimum absolute atomic E-state index is 0.0263. The molecule has 0 N–H and O–H groups in total. The molecule has 1 atom stereocenters. The Balaban J connectivity index is 4.80. The summed E-state index contributed by atoms with van der Waals surface area (Å²) in [5, 5.41) is -0.0263. The standard InChI is InChI=1S/C12H24O5Si/c1-7-9-18(6,11(13)8-2)17-10-12(14-3,15-4)16-5/h8H,2,7,9-10H2,1,3-6H3. The molecule has 1 unspecified atom stereocenters. The van der Waals surface area contributed by atoms with E-state index >= 15 is 0 Å². The van der Waals surface area contributed by atoms with Gasteiger partial charge in [0, 0.05) is 21.3 Å². The van der Waals surface area contributed by atoms with Crippen LogP contribution in [0.3, 0.4) is 0 Å². The quantitative estimate of drug-likeness (QED) is 0.346. The lowest BCUT2D eigenvalue weighted by Gasteiger charge is -2.32. The summed E-state index contributed by atoms with van der Waals surface area (Å²) in [6.45, 7) is 7.46. The fourth-order valence-electron chi connectivity index (χ4n) is 1.63. The van der Waals surface area contributed by atoms with Crippen molar-refractivity contribution in [3.8, 4) is 0 Å². The average molecular weight is 276 g/mol. The number of hydrogen-bond donors (Lipinski definition) is 0. The number of rotatable bonds is 10. The van der Waals surface area contributed by atoms with Crippen LogP contribution in [0, 0.1) is 0 Å². The highest BCUT2D eigenvalue weighted by atomic mass is 28.4. The molecule has 0 saturated heterocycles. The van der Waals surface area contributed by atoms with Crippen molar-refractivity contribution >= 4 is 13.7 Å². The summed E-state index contributed by atoms with van der Waals surface area (Å²) in [4.78, 5) is 11.9. The largest absolute Gasteiger partial charge is 0.401 e. The van der Waals surface area contributed by atoms with Crippen molar-refractivity contribution in [2.45, 2.75) is 31.9 Å². The van der Waals surface area contributed by atoms with Gasteiger partial charge in [0.25, 0.3) is 8.32 Å². The second-order valence-electron chi connectivity index (χ2n) is 4.13. The molecule has 6 heteroatoms. The maximum Gasteiger partial charge on any atom is 0.305 e. The van der Waals surface area contributed by atoms with Gasteiger partial charge in [0.1, 0.15) is 6.61 Å². The highest BCUT2D eigenvalue weighted by molar-refractivity contribution is 7.02. The number of methoxy groups -OCH3 is 3. The fourth-order valence-corrected chi connectivity index (χ4v) is 4.05. The first-order valence-electron chi connectivity index (χ1n) is 5.90. The molecule has 0 saturated carbocycles. The summed E-state index contributed by atoms with van der Waals surface area (Å²) in [6, 6.07) is 0.727. The molecule has 18 heavy (non-hydrogen) atoms. The number of carbonyl (C=O) groups is 1. The Kier molecular flexibility index (Phi) is 7.57. The van der Waals surface area contributed by atoms with Crippen LogP contribution >= 0.6 is 0 Å². The first-order valence-corrected chi connectivity index (χ1v) is 8.51. The Hall–Kier alpha value is -0.533. The van der Waals surface area contributed by atoms with Crippen LogP contribution in [0.15, 0.2) is 12.7 Å². The van der Waals surface area contributed by atoms with Gasteiger partial charge in [-0.15, -0.1) is 0 Å². The predicted molar refractivity (Wildman–Crippen MR) is 71.6 cm³/mol. The van der Waals surface area contributed by atoms with E-state index in [1.165, 1.54) is 27.4 Å². The van der Waals surface area contributed by atoms with Crippen LogP contribution in [-0.2, 0) is 23.4 Å². The molecule has 0 bridgehead atoms. The third-order valence-corrected chi connectivity index (χ3v) is 6.42. The lowest BCUT2D eigenvalue weighted by Crippen LogP contribution is -2.50. The van der Waals surface area contributed by atoms with Crippen molar-refractivity contribution in [2.24, 2.45) is 0 Å².